The number of hydrogen-bond acceptors (Lipinski definition) is 12. The highest BCUT2D eigenvalue weighted by Gasteiger charge is 2.57. The van der Waals surface area contributed by atoms with E-state index in [9.17, 15) is 19.2 Å². The summed E-state index contributed by atoms with van der Waals surface area (Å²) in [4.78, 5) is 62.6. The maximum Gasteiger partial charge on any atom is 0.249 e. The Balaban J connectivity index is 1.04. The number of carbonyl (C=O) groups excluding carboxylic acids is 4. The Labute approximate surface area is 429 Å². The molecule has 10 atom stereocenters. The van der Waals surface area contributed by atoms with Crippen LogP contribution >= 0.6 is 48.0 Å². The van der Waals surface area contributed by atoms with Gasteiger partial charge in [0.2, 0.25) is 23.6 Å². The molecule has 18 heteroatoms. The van der Waals surface area contributed by atoms with Gasteiger partial charge in [-0.25, -0.2) is 0 Å². The number of likely N-dealkylation sites (N-methyl/N-ethyl adjacent to an activating group) is 2. The van der Waals surface area contributed by atoms with Crippen molar-refractivity contribution in [3.8, 4) is 0 Å². The molecule has 0 radical (unpaired) electrons. The van der Waals surface area contributed by atoms with Crippen LogP contribution < -0.4 is 31.9 Å². The first-order chi connectivity index (χ1) is 32.8. The molecule has 14 nitrogen and oxygen atoms in total. The standard InChI is InChI=1S/C51H76N8O6S4/c1-32(52-8)45(66)56-36-22-26-68-39-28-49(3,4)41(58(39)47(36)62)43(60)54-37(34-18-12-10-13-19-34)30-64-24-16-17-25-65-31-38(35-20-14-11-15-21-35)55-44(61)42-50(5,6)29-40-59(42)48(63)51(7,23-27-69-40)57-46(67)33(2)53-9/h10-15,18-21,32-33,36-42,52-53H,16-17,22-31H2,1-9H3,(H,54,60)(H,55,61)(H,56,66)(H,57,67)/t32-,33-,36-,37+,38+,39-,40-,41+,42+,51+/m0/s1. The minimum atomic E-state index is -0.946. The van der Waals surface area contributed by atoms with E-state index in [2.05, 4.69) is 59.6 Å². The first-order valence-electron chi connectivity index (χ1n) is 24.5. The maximum absolute atomic E-state index is 14.6. The van der Waals surface area contributed by atoms with Gasteiger partial charge in [-0.05, 0) is 107 Å². The Hall–Kier alpha value is -3.36. The number of thioether (sulfide) groups is 2. The number of fused-ring (bicyclic) bond motifs is 2. The Morgan fingerprint density at radius 2 is 1.17 bits per heavy atom. The van der Waals surface area contributed by atoms with Crippen LogP contribution in [0.4, 0.5) is 0 Å². The fourth-order valence-electron chi connectivity index (χ4n) is 9.89. The third kappa shape index (κ3) is 13.4. The van der Waals surface area contributed by atoms with Gasteiger partial charge in [-0.3, -0.25) is 19.2 Å². The number of carbonyl (C=O) groups is 4. The van der Waals surface area contributed by atoms with Crippen LogP contribution in [-0.2, 0) is 28.7 Å². The van der Waals surface area contributed by atoms with Crippen molar-refractivity contribution < 1.29 is 28.7 Å². The highest BCUT2D eigenvalue weighted by atomic mass is 32.2. The number of unbranched alkanes of at least 4 members (excludes halogenated alkanes) is 1. The molecule has 6 N–H and O–H groups in total. The molecular formula is C51H76N8O6S4. The molecule has 2 aromatic rings. The minimum absolute atomic E-state index is 0.0872. The molecule has 6 rings (SSSR count). The number of nitrogens with one attached hydrogen (secondary N) is 6. The summed E-state index contributed by atoms with van der Waals surface area (Å²) in [6, 6.07) is 16.7. The molecule has 4 saturated heterocycles. The van der Waals surface area contributed by atoms with Crippen LogP contribution in [0, 0.1) is 10.8 Å². The lowest BCUT2D eigenvalue weighted by atomic mass is 9.83. The molecule has 0 spiro atoms. The topological polar surface area (TPSA) is 165 Å². The number of amides is 4. The lowest BCUT2D eigenvalue weighted by Gasteiger charge is -2.39. The molecule has 4 amide bonds. The molecule has 0 saturated carbocycles. The van der Waals surface area contributed by atoms with E-state index >= 15 is 0 Å². The van der Waals surface area contributed by atoms with Crippen molar-refractivity contribution in [2.75, 3.05) is 52.0 Å². The van der Waals surface area contributed by atoms with Crippen LogP contribution in [0.5, 0.6) is 0 Å². The largest absolute Gasteiger partial charge is 0.379 e. The Morgan fingerprint density at radius 1 is 0.710 bits per heavy atom. The molecule has 4 heterocycles. The van der Waals surface area contributed by atoms with E-state index in [1.165, 1.54) is 0 Å². The Morgan fingerprint density at radius 3 is 1.68 bits per heavy atom. The first kappa shape index (κ1) is 55.0. The van der Waals surface area contributed by atoms with Crippen LogP contribution in [0.15, 0.2) is 60.7 Å². The van der Waals surface area contributed by atoms with Gasteiger partial charge in [0.25, 0.3) is 0 Å². The summed E-state index contributed by atoms with van der Waals surface area (Å²) in [5.74, 6) is 0.950. The van der Waals surface area contributed by atoms with Crippen molar-refractivity contribution in [3.05, 3.63) is 71.8 Å². The highest BCUT2D eigenvalue weighted by molar-refractivity contribution is 8.00. The second kappa shape index (κ2) is 24.4. The quantitative estimate of drug-likeness (QED) is 0.0650. The van der Waals surface area contributed by atoms with E-state index in [1.54, 1.807) is 23.5 Å². The van der Waals surface area contributed by atoms with Gasteiger partial charge in [0.1, 0.15) is 23.7 Å². The van der Waals surface area contributed by atoms with Gasteiger partial charge in [-0.2, -0.15) is 0 Å². The van der Waals surface area contributed by atoms with E-state index in [4.69, 9.17) is 33.9 Å². The van der Waals surface area contributed by atoms with Gasteiger partial charge in [0.05, 0.1) is 58.1 Å². The molecular weight excluding hydrogens is 949 g/mol. The average Bonchev–Trinajstić information content (AvgIpc) is 3.66. The summed E-state index contributed by atoms with van der Waals surface area (Å²) in [6.45, 7) is 15.5. The van der Waals surface area contributed by atoms with E-state index in [1.807, 2.05) is 105 Å². The molecule has 4 aliphatic heterocycles. The number of thiocarbonyl (C=S) groups is 2. The molecule has 0 unspecified atom stereocenters. The first-order valence-corrected chi connectivity index (χ1v) is 27.4. The summed E-state index contributed by atoms with van der Waals surface area (Å²) in [7, 11) is 3.67. The zero-order valence-electron chi connectivity index (χ0n) is 41.9. The van der Waals surface area contributed by atoms with Gasteiger partial charge in [0, 0.05) is 13.2 Å². The SMILES string of the molecule is CN[C@@H](C)C(=S)N[C@H]1CCS[C@H]2CC(C)(C)[C@@H](C(=O)N[C@H](COCCCCOC[C@@H](NC(=O)[C@H]3N4C(=O)[C@](C)(NC(=S)[C@H](C)NC)CCS[C@H]4CC3(C)C)c3ccccc3)c3ccccc3)N2C1=O. The zero-order valence-corrected chi connectivity index (χ0v) is 45.2. The van der Waals surface area contributed by atoms with Crippen molar-refractivity contribution >= 4 is 81.6 Å². The van der Waals surface area contributed by atoms with Crippen LogP contribution in [0.25, 0.3) is 0 Å². The molecule has 69 heavy (non-hydrogen) atoms. The predicted molar refractivity (Wildman–Crippen MR) is 286 cm³/mol. The van der Waals surface area contributed by atoms with Crippen LogP contribution in [0.3, 0.4) is 0 Å². The molecule has 2 aromatic carbocycles. The van der Waals surface area contributed by atoms with Crippen molar-refractivity contribution in [1.82, 2.24) is 41.7 Å². The summed E-state index contributed by atoms with van der Waals surface area (Å²) in [5, 5.41) is 19.3. The van der Waals surface area contributed by atoms with Gasteiger partial charge >= 0.3 is 0 Å². The normalized spacial score (nSPS) is 26.9. The van der Waals surface area contributed by atoms with Crippen LogP contribution in [0.2, 0.25) is 0 Å². The van der Waals surface area contributed by atoms with Crippen LogP contribution in [0.1, 0.15) is 110 Å². The van der Waals surface area contributed by atoms with E-state index < -0.39 is 46.6 Å². The fourth-order valence-corrected chi connectivity index (χ4v) is 13.8. The number of benzene rings is 2. The summed E-state index contributed by atoms with van der Waals surface area (Å²) >= 11 is 14.8. The van der Waals surface area contributed by atoms with Crippen molar-refractivity contribution in [1.29, 1.82) is 0 Å². The van der Waals surface area contributed by atoms with Crippen molar-refractivity contribution in [3.63, 3.8) is 0 Å². The molecule has 380 valence electrons. The van der Waals surface area contributed by atoms with Gasteiger partial charge in [-0.15, -0.1) is 23.5 Å². The number of hydrogen-bond donors (Lipinski definition) is 6. The third-order valence-corrected chi connectivity index (χ3v) is 17.6. The molecule has 0 aliphatic carbocycles. The molecule has 4 aliphatic rings. The number of nitrogens with zero attached hydrogens (tertiary/aromatic N) is 2. The van der Waals surface area contributed by atoms with Gasteiger partial charge in [0.15, 0.2) is 0 Å². The fraction of sp³-hybridized carbons (Fsp3) is 0.647. The minimum Gasteiger partial charge on any atom is -0.379 e. The lowest BCUT2D eigenvalue weighted by molar-refractivity contribution is -0.145. The Bertz CT molecular complexity index is 2100. The van der Waals surface area contributed by atoms with E-state index in [-0.39, 0.29) is 59.7 Å². The molecule has 0 aromatic heterocycles. The smallest absolute Gasteiger partial charge is 0.249 e. The summed E-state index contributed by atoms with van der Waals surface area (Å²) in [5.41, 5.74) is -0.0364. The maximum atomic E-state index is 14.6. The lowest BCUT2D eigenvalue weighted by Crippen LogP contribution is -2.63. The average molecular weight is 1030 g/mol. The number of rotatable bonds is 21. The van der Waals surface area contributed by atoms with E-state index in [0.717, 1.165) is 22.6 Å². The molecule has 0 bridgehead atoms. The highest BCUT2D eigenvalue weighted by Crippen LogP contribution is 2.48. The van der Waals surface area contributed by atoms with Crippen molar-refractivity contribution in [2.45, 2.75) is 146 Å². The zero-order chi connectivity index (χ0) is 50.1. The second-order valence-electron chi connectivity index (χ2n) is 20.5. The second-order valence-corrected chi connectivity index (χ2v) is 24.0. The van der Waals surface area contributed by atoms with Gasteiger partial charge in [-0.1, -0.05) is 113 Å². The predicted octanol–water partition coefficient (Wildman–Crippen LogP) is 5.87. The van der Waals surface area contributed by atoms with E-state index in [0.29, 0.717) is 61.7 Å². The number of ether oxygens (including phenoxy) is 2. The summed E-state index contributed by atoms with van der Waals surface area (Å²) in [6.07, 6.45) is 4.06. The van der Waals surface area contributed by atoms with Gasteiger partial charge < -0.3 is 51.2 Å². The Kier molecular flexibility index (Phi) is 19.4. The monoisotopic (exact) mass is 1020 g/mol. The molecule has 4 fully saturated rings. The summed E-state index contributed by atoms with van der Waals surface area (Å²) < 4.78 is 12.5. The van der Waals surface area contributed by atoms with Crippen molar-refractivity contribution in [2.24, 2.45) is 10.8 Å². The van der Waals surface area contributed by atoms with Crippen LogP contribution in [-0.4, -0.2) is 142 Å². The third-order valence-electron chi connectivity index (χ3n) is 14.2.